The zero-order valence-corrected chi connectivity index (χ0v) is 25.6. The van der Waals surface area contributed by atoms with E-state index >= 15 is 0 Å². The normalized spacial score (nSPS) is 12.7. The third-order valence-corrected chi connectivity index (χ3v) is 8.80. The average molecular weight is 631 g/mol. The van der Waals surface area contributed by atoms with Crippen LogP contribution >= 0.6 is 15.9 Å². The molecule has 0 aliphatic rings. The topological polar surface area (TPSA) is 96.0 Å². The van der Waals surface area contributed by atoms with Crippen LogP contribution in [0, 0.1) is 0 Å². The molecular formula is C30H36BrN3O5S. The minimum atomic E-state index is -4.14. The fraction of sp³-hybridized carbons (Fsp3) is 0.333. The lowest BCUT2D eigenvalue weighted by Gasteiger charge is -2.32. The van der Waals surface area contributed by atoms with Gasteiger partial charge in [0.05, 0.1) is 17.2 Å². The summed E-state index contributed by atoms with van der Waals surface area (Å²) in [7, 11) is -4.14. The minimum absolute atomic E-state index is 0.0366. The highest BCUT2D eigenvalue weighted by atomic mass is 79.9. The van der Waals surface area contributed by atoms with E-state index in [0.717, 1.165) is 20.8 Å². The van der Waals surface area contributed by atoms with Crippen molar-refractivity contribution in [3.05, 3.63) is 88.9 Å². The summed E-state index contributed by atoms with van der Waals surface area (Å²) in [4.78, 5) is 28.5. The van der Waals surface area contributed by atoms with Crippen molar-refractivity contribution >= 4 is 43.5 Å². The Hall–Kier alpha value is -3.37. The smallest absolute Gasteiger partial charge is 0.264 e. The van der Waals surface area contributed by atoms with Crippen LogP contribution in [0.1, 0.15) is 39.7 Å². The molecule has 0 aliphatic carbocycles. The standard InChI is InChI=1S/C30H36BrN3O5S/c1-5-22(3)32-30(36)23(4)33(20-24-10-8-7-9-11-24)29(35)21-34(26-14-16-27(17-15-26)39-6-2)40(37,38)28-18-12-25(31)13-19-28/h7-19,22-23H,5-6,20-21H2,1-4H3,(H,32,36)/t22-,23-/m1/s1. The predicted octanol–water partition coefficient (Wildman–Crippen LogP) is 5.38. The fourth-order valence-electron chi connectivity index (χ4n) is 3.97. The molecule has 3 aromatic rings. The highest BCUT2D eigenvalue weighted by Crippen LogP contribution is 2.27. The van der Waals surface area contributed by atoms with Crippen LogP contribution in [0.15, 0.2) is 88.2 Å². The molecule has 10 heteroatoms. The Labute approximate surface area is 245 Å². The van der Waals surface area contributed by atoms with Crippen molar-refractivity contribution in [1.29, 1.82) is 0 Å². The summed E-state index contributed by atoms with van der Waals surface area (Å²) in [6, 6.07) is 21.2. The second-order valence-electron chi connectivity index (χ2n) is 9.39. The third-order valence-electron chi connectivity index (χ3n) is 6.48. The highest BCUT2D eigenvalue weighted by molar-refractivity contribution is 9.10. The number of carbonyl (C=O) groups is 2. The van der Waals surface area contributed by atoms with Gasteiger partial charge in [-0.25, -0.2) is 8.42 Å². The molecule has 0 radical (unpaired) electrons. The van der Waals surface area contributed by atoms with E-state index in [1.807, 2.05) is 51.1 Å². The number of rotatable bonds is 13. The Kier molecular flexibility index (Phi) is 11.2. The molecule has 1 N–H and O–H groups in total. The van der Waals surface area contributed by atoms with Gasteiger partial charge in [0.15, 0.2) is 0 Å². The molecule has 3 aromatic carbocycles. The number of hydrogen-bond acceptors (Lipinski definition) is 5. The van der Waals surface area contributed by atoms with Crippen molar-refractivity contribution in [2.75, 3.05) is 17.5 Å². The van der Waals surface area contributed by atoms with Crippen molar-refractivity contribution in [3.8, 4) is 5.75 Å². The summed E-state index contributed by atoms with van der Waals surface area (Å²) in [5, 5.41) is 2.93. The van der Waals surface area contributed by atoms with E-state index in [1.165, 1.54) is 17.0 Å². The van der Waals surface area contributed by atoms with E-state index in [-0.39, 0.29) is 23.4 Å². The van der Waals surface area contributed by atoms with Gasteiger partial charge in [-0.15, -0.1) is 0 Å². The molecule has 3 rings (SSSR count). The molecule has 0 bridgehead atoms. The molecule has 0 aromatic heterocycles. The van der Waals surface area contributed by atoms with E-state index in [0.29, 0.717) is 18.0 Å². The number of carbonyl (C=O) groups excluding carboxylic acids is 2. The van der Waals surface area contributed by atoms with Crippen LogP contribution in [0.25, 0.3) is 0 Å². The molecule has 0 spiro atoms. The maximum absolute atomic E-state index is 13.9. The zero-order valence-electron chi connectivity index (χ0n) is 23.2. The predicted molar refractivity (Wildman–Crippen MR) is 161 cm³/mol. The summed E-state index contributed by atoms with van der Waals surface area (Å²) < 4.78 is 35.1. The third kappa shape index (κ3) is 8.08. The highest BCUT2D eigenvalue weighted by Gasteiger charge is 2.32. The number of sulfonamides is 1. The minimum Gasteiger partial charge on any atom is -0.494 e. The zero-order chi connectivity index (χ0) is 29.3. The van der Waals surface area contributed by atoms with Crippen LogP contribution in [0.2, 0.25) is 0 Å². The molecule has 40 heavy (non-hydrogen) atoms. The first-order chi connectivity index (χ1) is 19.1. The Morgan fingerprint density at radius 2 is 1.55 bits per heavy atom. The molecule has 0 heterocycles. The number of amides is 2. The Balaban J connectivity index is 2.01. The second-order valence-corrected chi connectivity index (χ2v) is 12.2. The molecule has 8 nitrogen and oxygen atoms in total. The second kappa shape index (κ2) is 14.3. The van der Waals surface area contributed by atoms with Gasteiger partial charge in [0.25, 0.3) is 10.0 Å². The van der Waals surface area contributed by atoms with Gasteiger partial charge >= 0.3 is 0 Å². The first-order valence-corrected chi connectivity index (χ1v) is 15.4. The first kappa shape index (κ1) is 31.2. The van der Waals surface area contributed by atoms with Crippen LogP contribution in [-0.4, -0.2) is 50.4 Å². The molecule has 0 saturated carbocycles. The van der Waals surface area contributed by atoms with Crippen molar-refractivity contribution in [2.45, 2.75) is 57.6 Å². The monoisotopic (exact) mass is 629 g/mol. The number of halogens is 1. The largest absolute Gasteiger partial charge is 0.494 e. The van der Waals surface area contributed by atoms with E-state index in [9.17, 15) is 18.0 Å². The number of ether oxygens (including phenoxy) is 1. The quantitative estimate of drug-likeness (QED) is 0.274. The lowest BCUT2D eigenvalue weighted by Crippen LogP contribution is -2.52. The molecular weight excluding hydrogens is 594 g/mol. The molecule has 0 fully saturated rings. The Bertz CT molecular complexity index is 1370. The maximum atomic E-state index is 13.9. The van der Waals surface area contributed by atoms with Gasteiger partial charge in [-0.05, 0) is 81.3 Å². The molecule has 2 amide bonds. The van der Waals surface area contributed by atoms with Gasteiger partial charge in [0.2, 0.25) is 11.8 Å². The van der Waals surface area contributed by atoms with Crippen molar-refractivity contribution < 1.29 is 22.7 Å². The lowest BCUT2D eigenvalue weighted by atomic mass is 10.1. The maximum Gasteiger partial charge on any atom is 0.264 e. The van der Waals surface area contributed by atoms with Gasteiger partial charge in [-0.2, -0.15) is 0 Å². The molecule has 2 atom stereocenters. The Morgan fingerprint density at radius 1 is 0.925 bits per heavy atom. The van der Waals surface area contributed by atoms with Crippen LogP contribution in [0.5, 0.6) is 5.75 Å². The van der Waals surface area contributed by atoms with Crippen molar-refractivity contribution in [1.82, 2.24) is 10.2 Å². The molecule has 0 unspecified atom stereocenters. The van der Waals surface area contributed by atoms with E-state index in [2.05, 4.69) is 21.2 Å². The van der Waals surface area contributed by atoms with Crippen LogP contribution in [0.4, 0.5) is 5.69 Å². The SMILES string of the molecule is CCOc1ccc(N(CC(=O)N(Cc2ccccc2)[C@H](C)C(=O)N[C@H](C)CC)S(=O)(=O)c2ccc(Br)cc2)cc1. The van der Waals surface area contributed by atoms with Crippen molar-refractivity contribution in [2.24, 2.45) is 0 Å². The summed E-state index contributed by atoms with van der Waals surface area (Å²) in [5.74, 6) is -0.230. The average Bonchev–Trinajstić information content (AvgIpc) is 2.95. The van der Waals surface area contributed by atoms with Gasteiger partial charge in [-0.3, -0.25) is 13.9 Å². The molecule has 214 valence electrons. The van der Waals surface area contributed by atoms with Crippen LogP contribution < -0.4 is 14.4 Å². The lowest BCUT2D eigenvalue weighted by molar-refractivity contribution is -0.139. The van der Waals surface area contributed by atoms with Crippen LogP contribution in [0.3, 0.4) is 0 Å². The number of benzene rings is 3. The summed E-state index contributed by atoms with van der Waals surface area (Å²) in [5.41, 5.74) is 1.12. The van der Waals surface area contributed by atoms with E-state index in [1.54, 1.807) is 43.3 Å². The van der Waals surface area contributed by atoms with E-state index in [4.69, 9.17) is 4.74 Å². The van der Waals surface area contributed by atoms with E-state index < -0.39 is 28.5 Å². The Morgan fingerprint density at radius 3 is 2.12 bits per heavy atom. The van der Waals surface area contributed by atoms with Crippen molar-refractivity contribution in [3.63, 3.8) is 0 Å². The number of nitrogens with zero attached hydrogens (tertiary/aromatic N) is 2. The fourth-order valence-corrected chi connectivity index (χ4v) is 5.64. The van der Waals surface area contributed by atoms with Gasteiger partial charge in [0, 0.05) is 17.1 Å². The molecule has 0 aliphatic heterocycles. The number of nitrogens with one attached hydrogen (secondary N) is 1. The number of anilines is 1. The first-order valence-electron chi connectivity index (χ1n) is 13.2. The van der Waals surface area contributed by atoms with Gasteiger partial charge < -0.3 is 15.0 Å². The summed E-state index contributed by atoms with van der Waals surface area (Å²) in [6.07, 6.45) is 0.738. The van der Waals surface area contributed by atoms with Gasteiger partial charge in [-0.1, -0.05) is 53.2 Å². The molecule has 0 saturated heterocycles. The van der Waals surface area contributed by atoms with Crippen LogP contribution in [-0.2, 0) is 26.2 Å². The van der Waals surface area contributed by atoms with Gasteiger partial charge in [0.1, 0.15) is 18.3 Å². The summed E-state index contributed by atoms with van der Waals surface area (Å²) in [6.45, 7) is 7.48. The summed E-state index contributed by atoms with van der Waals surface area (Å²) >= 11 is 3.34. The number of hydrogen-bond donors (Lipinski definition) is 1.